The molecule has 0 aromatic heterocycles. The number of rotatable bonds is 11. The smallest absolute Gasteiger partial charge is 0.333 e. The maximum absolute atomic E-state index is 13.7. The van der Waals surface area contributed by atoms with Crippen LogP contribution in [0.5, 0.6) is 0 Å². The molecule has 0 saturated heterocycles. The molecule has 0 heterocycles. The zero-order valence-corrected chi connectivity index (χ0v) is 21.6. The van der Waals surface area contributed by atoms with Crippen molar-refractivity contribution in [2.24, 2.45) is 17.8 Å². The van der Waals surface area contributed by atoms with Gasteiger partial charge in [0, 0.05) is 19.3 Å². The van der Waals surface area contributed by atoms with Gasteiger partial charge in [-0.1, -0.05) is 58.0 Å². The number of hydrogen-bond donors (Lipinski definition) is 2. The van der Waals surface area contributed by atoms with Crippen LogP contribution in [-0.2, 0) is 24.9 Å². The summed E-state index contributed by atoms with van der Waals surface area (Å²) in [6.07, 6.45) is 0.371. The molecule has 1 aromatic rings. The molecule has 2 N–H and O–H groups in total. The third-order valence-corrected chi connectivity index (χ3v) is 6.35. The third kappa shape index (κ3) is 8.15. The van der Waals surface area contributed by atoms with Gasteiger partial charge in [0.15, 0.2) is 0 Å². The summed E-state index contributed by atoms with van der Waals surface area (Å²) >= 11 is 1.18. The highest BCUT2D eigenvalue weighted by atomic mass is 32.2. The van der Waals surface area contributed by atoms with Gasteiger partial charge in [0.2, 0.25) is 16.6 Å². The van der Waals surface area contributed by atoms with Crippen LogP contribution in [0.15, 0.2) is 30.3 Å². The maximum atomic E-state index is 13.7. The Morgan fingerprint density at radius 2 is 1.59 bits per heavy atom. The van der Waals surface area contributed by atoms with E-state index in [2.05, 4.69) is 10.6 Å². The number of nitrogens with one attached hydrogen (secondary N) is 2. The molecule has 1 unspecified atom stereocenters. The highest BCUT2D eigenvalue weighted by Gasteiger charge is 2.57. The fourth-order valence-electron chi connectivity index (χ4n) is 3.27. The Morgan fingerprint density at radius 3 is 2.06 bits per heavy atom. The minimum atomic E-state index is -1.72. The minimum Gasteiger partial charge on any atom is -0.459 e. The average molecular weight is 465 g/mol. The highest BCUT2D eigenvalue weighted by molar-refractivity contribution is 8.01. The van der Waals surface area contributed by atoms with Crippen LogP contribution in [0.4, 0.5) is 0 Å². The van der Waals surface area contributed by atoms with E-state index in [1.54, 1.807) is 20.8 Å². The summed E-state index contributed by atoms with van der Waals surface area (Å²) in [5.41, 5.74) is 0.154. The SMILES string of the molecule is CNC(=O)[C@@H](CC(C)C)C(SCc1ccccc1)(C(=O)NCC(C)C)C(=O)OC(C)(C)C. The fraction of sp³-hybridized carbons (Fsp3) is 0.640. The first-order valence-corrected chi connectivity index (χ1v) is 12.2. The molecule has 0 aliphatic rings. The van der Waals surface area contributed by atoms with Crippen molar-refractivity contribution in [3.63, 3.8) is 0 Å². The normalized spacial score (nSPS) is 14.6. The molecule has 1 rings (SSSR count). The Morgan fingerprint density at radius 1 is 1.00 bits per heavy atom. The van der Waals surface area contributed by atoms with Gasteiger partial charge in [-0.2, -0.15) is 0 Å². The summed E-state index contributed by atoms with van der Waals surface area (Å²) < 4.78 is 4.06. The van der Waals surface area contributed by atoms with Gasteiger partial charge in [0.05, 0.1) is 5.92 Å². The maximum Gasteiger partial charge on any atom is 0.333 e. The summed E-state index contributed by atoms with van der Waals surface area (Å²) in [6.45, 7) is 13.6. The Balaban J connectivity index is 3.61. The van der Waals surface area contributed by atoms with Crippen molar-refractivity contribution in [2.45, 2.75) is 71.0 Å². The molecule has 0 radical (unpaired) electrons. The van der Waals surface area contributed by atoms with Crippen molar-refractivity contribution in [1.29, 1.82) is 0 Å². The molecule has 0 aliphatic carbocycles. The molecule has 0 aliphatic heterocycles. The summed E-state index contributed by atoms with van der Waals surface area (Å²) in [4.78, 5) is 40.6. The van der Waals surface area contributed by atoms with Gasteiger partial charge >= 0.3 is 5.97 Å². The van der Waals surface area contributed by atoms with Crippen molar-refractivity contribution in [3.8, 4) is 0 Å². The van der Waals surface area contributed by atoms with E-state index in [1.807, 2.05) is 58.0 Å². The van der Waals surface area contributed by atoms with Crippen molar-refractivity contribution in [1.82, 2.24) is 10.6 Å². The monoisotopic (exact) mass is 464 g/mol. The number of ether oxygens (including phenoxy) is 1. The van der Waals surface area contributed by atoms with Crippen LogP contribution in [0.2, 0.25) is 0 Å². The van der Waals surface area contributed by atoms with E-state index in [-0.39, 0.29) is 17.7 Å². The van der Waals surface area contributed by atoms with Gasteiger partial charge in [-0.15, -0.1) is 11.8 Å². The molecule has 2 atom stereocenters. The molecule has 180 valence electrons. The second-order valence-corrected chi connectivity index (χ2v) is 11.1. The lowest BCUT2D eigenvalue weighted by Gasteiger charge is -2.38. The lowest BCUT2D eigenvalue weighted by Crippen LogP contribution is -2.61. The Hall–Kier alpha value is -2.02. The summed E-state index contributed by atoms with van der Waals surface area (Å²) in [7, 11) is 1.53. The van der Waals surface area contributed by atoms with Gasteiger partial charge in [0.25, 0.3) is 0 Å². The molecule has 0 fully saturated rings. The van der Waals surface area contributed by atoms with E-state index >= 15 is 0 Å². The van der Waals surface area contributed by atoms with Crippen molar-refractivity contribution < 1.29 is 19.1 Å². The van der Waals surface area contributed by atoms with Gasteiger partial charge in [0.1, 0.15) is 5.60 Å². The van der Waals surface area contributed by atoms with E-state index in [4.69, 9.17) is 4.74 Å². The summed E-state index contributed by atoms with van der Waals surface area (Å²) in [6, 6.07) is 9.62. The van der Waals surface area contributed by atoms with E-state index in [1.165, 1.54) is 18.8 Å². The van der Waals surface area contributed by atoms with Crippen LogP contribution in [-0.4, -0.2) is 41.7 Å². The van der Waals surface area contributed by atoms with Crippen LogP contribution in [0.1, 0.15) is 60.5 Å². The Bertz CT molecular complexity index is 759. The second-order valence-electron chi connectivity index (χ2n) is 9.91. The van der Waals surface area contributed by atoms with Crippen LogP contribution >= 0.6 is 11.8 Å². The van der Waals surface area contributed by atoms with Gasteiger partial charge in [-0.25, -0.2) is 4.79 Å². The molecule has 0 bridgehead atoms. The number of benzene rings is 1. The standard InChI is InChI=1S/C25H40N2O4S/c1-17(2)14-20(21(28)26-8)25(22(29)27-15-18(3)4,23(30)31-24(5,6)7)32-16-19-12-10-9-11-13-19/h9-13,17-18,20H,14-16H2,1-8H3,(H,26,28)(H,27,29)/t20-,25?/m1/s1. The molecular weight excluding hydrogens is 424 g/mol. The third-order valence-electron chi connectivity index (χ3n) is 4.78. The topological polar surface area (TPSA) is 84.5 Å². The van der Waals surface area contributed by atoms with E-state index in [9.17, 15) is 14.4 Å². The van der Waals surface area contributed by atoms with Crippen LogP contribution in [0.25, 0.3) is 0 Å². The predicted molar refractivity (Wildman–Crippen MR) is 131 cm³/mol. The molecule has 6 nitrogen and oxygen atoms in total. The van der Waals surface area contributed by atoms with Gasteiger partial charge in [-0.3, -0.25) is 9.59 Å². The van der Waals surface area contributed by atoms with Gasteiger partial charge < -0.3 is 15.4 Å². The Kier molecular flexibility index (Phi) is 10.8. The zero-order valence-electron chi connectivity index (χ0n) is 20.8. The van der Waals surface area contributed by atoms with Crippen molar-refractivity contribution in [3.05, 3.63) is 35.9 Å². The predicted octanol–water partition coefficient (Wildman–Crippen LogP) is 4.18. The molecule has 0 saturated carbocycles. The average Bonchev–Trinajstić information content (AvgIpc) is 2.70. The highest BCUT2D eigenvalue weighted by Crippen LogP contribution is 2.41. The van der Waals surface area contributed by atoms with Gasteiger partial charge in [-0.05, 0) is 44.6 Å². The van der Waals surface area contributed by atoms with E-state index in [0.29, 0.717) is 18.7 Å². The first-order valence-electron chi connectivity index (χ1n) is 11.2. The molecule has 0 spiro atoms. The van der Waals surface area contributed by atoms with Crippen LogP contribution < -0.4 is 10.6 Å². The first-order chi connectivity index (χ1) is 14.8. The summed E-state index contributed by atoms with van der Waals surface area (Å²) in [5, 5.41) is 5.59. The largest absolute Gasteiger partial charge is 0.459 e. The lowest BCUT2D eigenvalue weighted by atomic mass is 9.82. The van der Waals surface area contributed by atoms with Crippen LogP contribution in [0, 0.1) is 17.8 Å². The number of hydrogen-bond acceptors (Lipinski definition) is 5. The Labute approximate surface area is 197 Å². The number of amides is 2. The quantitative estimate of drug-likeness (QED) is 0.379. The number of carbonyl (C=O) groups excluding carboxylic acids is 3. The number of thioether (sulfide) groups is 1. The molecule has 32 heavy (non-hydrogen) atoms. The minimum absolute atomic E-state index is 0.0920. The van der Waals surface area contributed by atoms with E-state index < -0.39 is 28.1 Å². The first kappa shape index (κ1) is 28.0. The second kappa shape index (κ2) is 12.3. The van der Waals surface area contributed by atoms with Crippen molar-refractivity contribution >= 4 is 29.5 Å². The number of esters is 1. The summed E-state index contributed by atoms with van der Waals surface area (Å²) in [5.74, 6) is -1.71. The van der Waals surface area contributed by atoms with Crippen LogP contribution in [0.3, 0.4) is 0 Å². The molecular formula is C25H40N2O4S. The molecule has 7 heteroatoms. The molecule has 2 amide bonds. The zero-order chi connectivity index (χ0) is 24.5. The van der Waals surface area contributed by atoms with Crippen molar-refractivity contribution in [2.75, 3.05) is 13.6 Å². The number of carbonyl (C=O) groups is 3. The lowest BCUT2D eigenvalue weighted by molar-refractivity contribution is -0.164. The molecule has 1 aromatic carbocycles. The van der Waals surface area contributed by atoms with E-state index in [0.717, 1.165) is 5.56 Å². The fourth-order valence-corrected chi connectivity index (χ4v) is 4.63.